The van der Waals surface area contributed by atoms with Crippen LogP contribution in [0.25, 0.3) is 5.57 Å². The Labute approximate surface area is 183 Å². The molecular formula is C25H28N2O4. The van der Waals surface area contributed by atoms with Crippen molar-refractivity contribution in [1.82, 2.24) is 9.80 Å². The number of carbonyl (C=O) groups is 2. The van der Waals surface area contributed by atoms with E-state index in [9.17, 15) is 9.59 Å². The Morgan fingerprint density at radius 2 is 1.61 bits per heavy atom. The van der Waals surface area contributed by atoms with E-state index in [1.165, 1.54) is 4.90 Å². The summed E-state index contributed by atoms with van der Waals surface area (Å²) in [4.78, 5) is 30.2. The maximum atomic E-state index is 13.5. The van der Waals surface area contributed by atoms with E-state index in [-0.39, 0.29) is 18.4 Å². The topological polar surface area (TPSA) is 59.1 Å². The first-order chi connectivity index (χ1) is 15.1. The molecule has 0 aliphatic carbocycles. The van der Waals surface area contributed by atoms with Crippen molar-refractivity contribution in [2.75, 3.05) is 32.9 Å². The fourth-order valence-corrected chi connectivity index (χ4v) is 3.86. The molecule has 1 fully saturated rings. The van der Waals surface area contributed by atoms with Crippen LogP contribution in [0.4, 0.5) is 0 Å². The Morgan fingerprint density at radius 3 is 2.26 bits per heavy atom. The Morgan fingerprint density at radius 1 is 0.935 bits per heavy atom. The van der Waals surface area contributed by atoms with E-state index in [1.54, 1.807) is 0 Å². The van der Waals surface area contributed by atoms with E-state index in [0.29, 0.717) is 44.2 Å². The molecule has 6 heteroatoms. The van der Waals surface area contributed by atoms with Crippen molar-refractivity contribution in [3.8, 4) is 5.75 Å². The van der Waals surface area contributed by atoms with Gasteiger partial charge in [0.2, 0.25) is 0 Å². The first kappa shape index (κ1) is 21.1. The van der Waals surface area contributed by atoms with E-state index >= 15 is 0 Å². The number of benzene rings is 2. The Kier molecular flexibility index (Phi) is 6.37. The van der Waals surface area contributed by atoms with Crippen molar-refractivity contribution in [2.45, 2.75) is 26.8 Å². The number of ether oxygens (including phenoxy) is 2. The van der Waals surface area contributed by atoms with E-state index in [4.69, 9.17) is 9.47 Å². The van der Waals surface area contributed by atoms with Gasteiger partial charge in [-0.15, -0.1) is 0 Å². The quantitative estimate of drug-likeness (QED) is 0.643. The molecule has 1 saturated heterocycles. The lowest BCUT2D eigenvalue weighted by Crippen LogP contribution is -2.40. The molecule has 0 bridgehead atoms. The molecule has 162 valence electrons. The molecule has 31 heavy (non-hydrogen) atoms. The van der Waals surface area contributed by atoms with Gasteiger partial charge in [0.15, 0.2) is 0 Å². The molecule has 2 aliphatic rings. The number of nitrogens with zero attached hydrogens (tertiary/aromatic N) is 2. The average Bonchev–Trinajstić information content (AvgIpc) is 3.05. The van der Waals surface area contributed by atoms with Crippen LogP contribution >= 0.6 is 0 Å². The van der Waals surface area contributed by atoms with Gasteiger partial charge in [-0.3, -0.25) is 14.5 Å². The lowest BCUT2D eigenvalue weighted by atomic mass is 10.0. The Balaban J connectivity index is 1.67. The summed E-state index contributed by atoms with van der Waals surface area (Å²) in [5.74, 6) is 0.260. The zero-order chi connectivity index (χ0) is 21.8. The second-order valence-corrected chi connectivity index (χ2v) is 7.88. The number of aryl methyl sites for hydroxylation is 1. The molecule has 0 atom stereocenters. The first-order valence-corrected chi connectivity index (χ1v) is 10.8. The van der Waals surface area contributed by atoms with Gasteiger partial charge in [0.1, 0.15) is 11.4 Å². The van der Waals surface area contributed by atoms with Crippen LogP contribution < -0.4 is 4.74 Å². The molecule has 4 rings (SSSR count). The number of hydrogen-bond donors (Lipinski definition) is 0. The van der Waals surface area contributed by atoms with Crippen molar-refractivity contribution >= 4 is 17.4 Å². The van der Waals surface area contributed by atoms with Gasteiger partial charge in [-0.1, -0.05) is 48.9 Å². The summed E-state index contributed by atoms with van der Waals surface area (Å²) >= 11 is 0. The molecule has 2 aliphatic heterocycles. The fourth-order valence-electron chi connectivity index (χ4n) is 3.86. The number of amides is 2. The van der Waals surface area contributed by atoms with Gasteiger partial charge in [0.05, 0.1) is 31.9 Å². The maximum Gasteiger partial charge on any atom is 0.278 e. The minimum atomic E-state index is -0.255. The smallest absolute Gasteiger partial charge is 0.278 e. The van der Waals surface area contributed by atoms with Crippen LogP contribution in [-0.2, 0) is 20.9 Å². The molecule has 0 N–H and O–H groups in total. The number of carbonyl (C=O) groups excluding carboxylic acids is 2. The molecule has 2 aromatic rings. The molecule has 0 aromatic heterocycles. The zero-order valence-electron chi connectivity index (χ0n) is 18.1. The highest BCUT2D eigenvalue weighted by atomic mass is 16.5. The second-order valence-electron chi connectivity index (χ2n) is 7.88. The highest BCUT2D eigenvalue weighted by molar-refractivity contribution is 6.35. The largest absolute Gasteiger partial charge is 0.494 e. The van der Waals surface area contributed by atoms with Gasteiger partial charge in [0, 0.05) is 13.1 Å². The number of hydrogen-bond acceptors (Lipinski definition) is 5. The average molecular weight is 421 g/mol. The van der Waals surface area contributed by atoms with Crippen LogP contribution in [0.3, 0.4) is 0 Å². The monoisotopic (exact) mass is 420 g/mol. The summed E-state index contributed by atoms with van der Waals surface area (Å²) in [6.07, 6.45) is 0.926. The molecule has 0 radical (unpaired) electrons. The van der Waals surface area contributed by atoms with Crippen molar-refractivity contribution in [3.05, 3.63) is 70.9 Å². The number of morpholine rings is 1. The summed E-state index contributed by atoms with van der Waals surface area (Å²) in [7, 11) is 0. The van der Waals surface area contributed by atoms with E-state index in [0.717, 1.165) is 28.9 Å². The SMILES string of the molecule is CCCOc1ccc(C2=C(N3CCOCC3)C(=O)N(Cc3ccc(C)cc3)C2=O)cc1. The Hall–Kier alpha value is -3.12. The van der Waals surface area contributed by atoms with Crippen molar-refractivity contribution in [2.24, 2.45) is 0 Å². The highest BCUT2D eigenvalue weighted by Crippen LogP contribution is 2.33. The van der Waals surface area contributed by atoms with Gasteiger partial charge >= 0.3 is 0 Å². The van der Waals surface area contributed by atoms with Gasteiger partial charge < -0.3 is 14.4 Å². The lowest BCUT2D eigenvalue weighted by molar-refractivity contribution is -0.138. The molecule has 0 unspecified atom stereocenters. The summed E-state index contributed by atoms with van der Waals surface area (Å²) in [5, 5.41) is 0. The number of rotatable bonds is 7. The second kappa shape index (κ2) is 9.35. The summed E-state index contributed by atoms with van der Waals surface area (Å²) < 4.78 is 11.1. The maximum absolute atomic E-state index is 13.5. The predicted molar refractivity (Wildman–Crippen MR) is 118 cm³/mol. The summed E-state index contributed by atoms with van der Waals surface area (Å²) in [5.41, 5.74) is 3.73. The molecule has 6 nitrogen and oxygen atoms in total. The predicted octanol–water partition coefficient (Wildman–Crippen LogP) is 3.40. The molecule has 2 heterocycles. The summed E-state index contributed by atoms with van der Waals surface area (Å²) in [6.45, 7) is 7.23. The van der Waals surface area contributed by atoms with E-state index < -0.39 is 0 Å². The Bertz CT molecular complexity index is 974. The fraction of sp³-hybridized carbons (Fsp3) is 0.360. The van der Waals surface area contributed by atoms with Gasteiger partial charge in [-0.05, 0) is 36.6 Å². The van der Waals surface area contributed by atoms with E-state index in [2.05, 4.69) is 6.92 Å². The van der Waals surface area contributed by atoms with Crippen LogP contribution in [0.2, 0.25) is 0 Å². The lowest BCUT2D eigenvalue weighted by Gasteiger charge is -2.29. The minimum absolute atomic E-state index is 0.242. The summed E-state index contributed by atoms with van der Waals surface area (Å²) in [6, 6.07) is 15.3. The van der Waals surface area contributed by atoms with Crippen LogP contribution in [-0.4, -0.2) is 54.5 Å². The van der Waals surface area contributed by atoms with Gasteiger partial charge in [-0.25, -0.2) is 0 Å². The van der Waals surface area contributed by atoms with Crippen LogP contribution in [0.1, 0.15) is 30.0 Å². The first-order valence-electron chi connectivity index (χ1n) is 10.8. The molecule has 0 spiro atoms. The van der Waals surface area contributed by atoms with Crippen molar-refractivity contribution < 1.29 is 19.1 Å². The highest BCUT2D eigenvalue weighted by Gasteiger charge is 2.41. The molecule has 0 saturated carbocycles. The zero-order valence-corrected chi connectivity index (χ0v) is 18.1. The van der Waals surface area contributed by atoms with Gasteiger partial charge in [-0.2, -0.15) is 0 Å². The third kappa shape index (κ3) is 4.49. The number of imide groups is 1. The third-order valence-electron chi connectivity index (χ3n) is 5.55. The van der Waals surface area contributed by atoms with Gasteiger partial charge in [0.25, 0.3) is 11.8 Å². The molecular weight excluding hydrogens is 392 g/mol. The van der Waals surface area contributed by atoms with Crippen molar-refractivity contribution in [3.63, 3.8) is 0 Å². The van der Waals surface area contributed by atoms with Crippen LogP contribution in [0, 0.1) is 6.92 Å². The molecule has 2 amide bonds. The van der Waals surface area contributed by atoms with E-state index in [1.807, 2.05) is 60.4 Å². The van der Waals surface area contributed by atoms with Crippen LogP contribution in [0.5, 0.6) is 5.75 Å². The van der Waals surface area contributed by atoms with Crippen LogP contribution in [0.15, 0.2) is 54.2 Å². The third-order valence-corrected chi connectivity index (χ3v) is 5.55. The van der Waals surface area contributed by atoms with Crippen molar-refractivity contribution in [1.29, 1.82) is 0 Å². The molecule has 2 aromatic carbocycles. The normalized spacial score (nSPS) is 17.0. The standard InChI is InChI=1S/C25H28N2O4/c1-3-14-31-21-10-8-20(9-11-21)22-23(26-12-15-30-16-13-26)25(29)27(24(22)28)17-19-6-4-18(2)5-7-19/h4-11H,3,12-17H2,1-2H3. The minimum Gasteiger partial charge on any atom is -0.494 e.